The molecule has 0 unspecified atom stereocenters. The van der Waals surface area contributed by atoms with Gasteiger partial charge in [-0.2, -0.15) is 4.31 Å². The first-order chi connectivity index (χ1) is 9.30. The lowest BCUT2D eigenvalue weighted by Gasteiger charge is -2.16. The fourth-order valence-electron chi connectivity index (χ4n) is 1.47. The van der Waals surface area contributed by atoms with E-state index in [0.717, 1.165) is 4.88 Å². The van der Waals surface area contributed by atoms with Crippen molar-refractivity contribution >= 4 is 56.2 Å². The number of nitrogens with zero attached hydrogens (tertiary/aromatic N) is 2. The van der Waals surface area contributed by atoms with E-state index in [-0.39, 0.29) is 21.6 Å². The summed E-state index contributed by atoms with van der Waals surface area (Å²) in [7, 11) is -2.20. The number of aromatic nitrogens is 1. The molecule has 0 atom stereocenters. The molecule has 0 aliphatic carbocycles. The normalized spacial score (nSPS) is 12.1. The highest BCUT2D eigenvalue weighted by Crippen LogP contribution is 2.26. The minimum absolute atomic E-state index is 0.00273. The van der Waals surface area contributed by atoms with Crippen LogP contribution in [0.25, 0.3) is 0 Å². The number of pyridine rings is 1. The molecular weight excluding hydrogens is 363 g/mol. The Kier molecular flexibility index (Phi) is 4.94. The summed E-state index contributed by atoms with van der Waals surface area (Å²) in [6.45, 7) is 0.222. The second-order valence-corrected chi connectivity index (χ2v) is 8.52. The van der Waals surface area contributed by atoms with Crippen LogP contribution >= 0.6 is 46.1 Å². The van der Waals surface area contributed by atoms with Crippen LogP contribution in [0.1, 0.15) is 4.88 Å². The molecule has 0 aliphatic rings. The highest BCUT2D eigenvalue weighted by molar-refractivity contribution is 7.89. The molecule has 0 aliphatic heterocycles. The molecule has 4 nitrogen and oxygen atoms in total. The van der Waals surface area contributed by atoms with E-state index in [0.29, 0.717) is 4.34 Å². The summed E-state index contributed by atoms with van der Waals surface area (Å²) in [6, 6.07) is 4.79. The van der Waals surface area contributed by atoms with Gasteiger partial charge in [0.2, 0.25) is 10.0 Å². The van der Waals surface area contributed by atoms with Crippen LogP contribution in [0.3, 0.4) is 0 Å². The Labute approximate surface area is 136 Å². The van der Waals surface area contributed by atoms with Crippen LogP contribution in [0.2, 0.25) is 14.5 Å². The second kappa shape index (κ2) is 6.17. The van der Waals surface area contributed by atoms with E-state index >= 15 is 0 Å². The molecule has 0 saturated heterocycles. The lowest BCUT2D eigenvalue weighted by Crippen LogP contribution is -2.26. The maximum atomic E-state index is 12.4. The van der Waals surface area contributed by atoms with Crippen LogP contribution < -0.4 is 0 Å². The Hall–Kier alpha value is -0.370. The summed E-state index contributed by atoms with van der Waals surface area (Å²) in [6.07, 6.45) is 1.18. The molecule has 2 aromatic rings. The van der Waals surface area contributed by atoms with Crippen LogP contribution in [-0.4, -0.2) is 24.8 Å². The van der Waals surface area contributed by atoms with Crippen molar-refractivity contribution in [3.63, 3.8) is 0 Å². The van der Waals surface area contributed by atoms with Crippen LogP contribution in [-0.2, 0) is 16.6 Å². The van der Waals surface area contributed by atoms with Gasteiger partial charge in [-0.05, 0) is 18.2 Å². The molecule has 2 aromatic heterocycles. The Morgan fingerprint density at radius 3 is 2.55 bits per heavy atom. The summed E-state index contributed by atoms with van der Waals surface area (Å²) < 4.78 is 26.5. The van der Waals surface area contributed by atoms with E-state index in [1.54, 1.807) is 12.1 Å². The number of halogens is 3. The first-order valence-corrected chi connectivity index (χ1v) is 8.71. The molecule has 0 spiro atoms. The SMILES string of the molecule is CN(Cc1ccc(Cl)s1)S(=O)(=O)c1cnc(Cl)c(Cl)c1. The van der Waals surface area contributed by atoms with Crippen molar-refractivity contribution in [2.24, 2.45) is 0 Å². The minimum Gasteiger partial charge on any atom is -0.242 e. The van der Waals surface area contributed by atoms with E-state index in [1.807, 2.05) is 0 Å². The van der Waals surface area contributed by atoms with Crippen molar-refractivity contribution in [3.8, 4) is 0 Å². The highest BCUT2D eigenvalue weighted by Gasteiger charge is 2.22. The van der Waals surface area contributed by atoms with Gasteiger partial charge < -0.3 is 0 Å². The van der Waals surface area contributed by atoms with Crippen LogP contribution in [0.4, 0.5) is 0 Å². The Balaban J connectivity index is 2.27. The second-order valence-electron chi connectivity index (χ2n) is 3.91. The molecule has 0 N–H and O–H groups in total. The van der Waals surface area contributed by atoms with Gasteiger partial charge in [-0.15, -0.1) is 11.3 Å². The molecule has 2 rings (SSSR count). The van der Waals surface area contributed by atoms with Gasteiger partial charge >= 0.3 is 0 Å². The van der Waals surface area contributed by atoms with Gasteiger partial charge in [-0.25, -0.2) is 13.4 Å². The average Bonchev–Trinajstić information content (AvgIpc) is 2.78. The van der Waals surface area contributed by atoms with Gasteiger partial charge in [0.1, 0.15) is 10.0 Å². The lowest BCUT2D eigenvalue weighted by molar-refractivity contribution is 0.469. The molecule has 9 heteroatoms. The molecule has 2 heterocycles. The zero-order valence-electron chi connectivity index (χ0n) is 10.2. The van der Waals surface area contributed by atoms with Gasteiger partial charge in [-0.3, -0.25) is 0 Å². The van der Waals surface area contributed by atoms with Crippen molar-refractivity contribution in [3.05, 3.63) is 43.8 Å². The van der Waals surface area contributed by atoms with Crippen molar-refractivity contribution in [1.82, 2.24) is 9.29 Å². The molecule has 0 aromatic carbocycles. The van der Waals surface area contributed by atoms with Crippen molar-refractivity contribution < 1.29 is 8.42 Å². The first-order valence-electron chi connectivity index (χ1n) is 5.32. The summed E-state index contributed by atoms with van der Waals surface area (Å²) in [5.74, 6) is 0. The average molecular weight is 372 g/mol. The number of hydrogen-bond donors (Lipinski definition) is 0. The van der Waals surface area contributed by atoms with Crippen molar-refractivity contribution in [1.29, 1.82) is 0 Å². The standard InChI is InChI=1S/C11H9Cl3N2O2S2/c1-16(6-7-2-3-10(13)19-7)20(17,18)8-4-9(12)11(14)15-5-8/h2-5H,6H2,1H3. The van der Waals surface area contributed by atoms with Gasteiger partial charge in [0.15, 0.2) is 0 Å². The van der Waals surface area contributed by atoms with Crippen LogP contribution in [0.5, 0.6) is 0 Å². The molecule has 0 saturated carbocycles. The van der Waals surface area contributed by atoms with Gasteiger partial charge in [0, 0.05) is 24.7 Å². The number of rotatable bonds is 4. The third-order valence-corrected chi connectivity index (χ3v) is 6.16. The van der Waals surface area contributed by atoms with Gasteiger partial charge in [0.25, 0.3) is 0 Å². The third kappa shape index (κ3) is 3.44. The molecule has 0 bridgehead atoms. The summed E-state index contributed by atoms with van der Waals surface area (Å²) in [4.78, 5) is 4.59. The fourth-order valence-corrected chi connectivity index (χ4v) is 4.14. The zero-order valence-corrected chi connectivity index (χ0v) is 14.1. The Morgan fingerprint density at radius 2 is 2.00 bits per heavy atom. The first kappa shape index (κ1) is 16.0. The lowest BCUT2D eigenvalue weighted by atomic mass is 10.5. The van der Waals surface area contributed by atoms with Gasteiger partial charge in [-0.1, -0.05) is 34.8 Å². The van der Waals surface area contributed by atoms with E-state index in [1.165, 1.54) is 35.0 Å². The van der Waals surface area contributed by atoms with E-state index in [2.05, 4.69) is 4.98 Å². The predicted molar refractivity (Wildman–Crippen MR) is 82.2 cm³/mol. The quantitative estimate of drug-likeness (QED) is 0.765. The number of sulfonamides is 1. The summed E-state index contributed by atoms with van der Waals surface area (Å²) in [5, 5.41) is 0.165. The highest BCUT2D eigenvalue weighted by atomic mass is 35.5. The van der Waals surface area contributed by atoms with Crippen LogP contribution in [0.15, 0.2) is 29.3 Å². The number of thiophene rings is 1. The molecule has 0 fully saturated rings. The monoisotopic (exact) mass is 370 g/mol. The van der Waals surface area contributed by atoms with Crippen LogP contribution in [0, 0.1) is 0 Å². The van der Waals surface area contributed by atoms with Crippen molar-refractivity contribution in [2.45, 2.75) is 11.4 Å². The molecule has 0 amide bonds. The smallest absolute Gasteiger partial charge is 0.242 e. The van der Waals surface area contributed by atoms with E-state index in [9.17, 15) is 8.42 Å². The fraction of sp³-hybridized carbons (Fsp3) is 0.182. The van der Waals surface area contributed by atoms with Crippen molar-refractivity contribution in [2.75, 3.05) is 7.05 Å². The molecule has 108 valence electrons. The van der Waals surface area contributed by atoms with E-state index in [4.69, 9.17) is 34.8 Å². The van der Waals surface area contributed by atoms with Gasteiger partial charge in [0.05, 0.1) is 9.36 Å². The number of hydrogen-bond acceptors (Lipinski definition) is 4. The minimum atomic E-state index is -3.68. The Bertz CT molecular complexity index is 731. The maximum Gasteiger partial charge on any atom is 0.244 e. The molecule has 0 radical (unpaired) electrons. The summed E-state index contributed by atoms with van der Waals surface area (Å²) in [5.41, 5.74) is 0. The third-order valence-electron chi connectivity index (χ3n) is 2.49. The molecular formula is C11H9Cl3N2O2S2. The topological polar surface area (TPSA) is 50.3 Å². The predicted octanol–water partition coefficient (Wildman–Crippen LogP) is 3.92. The largest absolute Gasteiger partial charge is 0.244 e. The van der Waals surface area contributed by atoms with E-state index < -0.39 is 10.0 Å². The summed E-state index contributed by atoms with van der Waals surface area (Å²) >= 11 is 18.6. The zero-order chi connectivity index (χ0) is 14.9. The Morgan fingerprint density at radius 1 is 1.30 bits per heavy atom. The molecule has 20 heavy (non-hydrogen) atoms. The maximum absolute atomic E-state index is 12.4.